The van der Waals surface area contributed by atoms with Crippen LogP contribution in [-0.2, 0) is 0 Å². The molecule has 0 fully saturated rings. The van der Waals surface area contributed by atoms with Crippen LogP contribution in [0.1, 0.15) is 0 Å². The molecule has 1 aromatic carbocycles. The molecule has 2 rings (SSSR count). The molecule has 0 unspecified atom stereocenters. The highest BCUT2D eigenvalue weighted by Gasteiger charge is 2.17. The van der Waals surface area contributed by atoms with Crippen molar-refractivity contribution in [2.24, 2.45) is 0 Å². The topological polar surface area (TPSA) is 75.1 Å². The van der Waals surface area contributed by atoms with Gasteiger partial charge in [-0.2, -0.15) is 4.39 Å². The van der Waals surface area contributed by atoms with E-state index in [1.807, 2.05) is 0 Å². The minimum Gasteiger partial charge on any atom is -0.492 e. The van der Waals surface area contributed by atoms with Gasteiger partial charge in [0.2, 0.25) is 11.7 Å². The van der Waals surface area contributed by atoms with Crippen LogP contribution in [0.15, 0.2) is 27.8 Å². The Morgan fingerprint density at radius 3 is 2.61 bits per heavy atom. The molecular formula is C10H5Cl2FN2O3. The van der Waals surface area contributed by atoms with E-state index in [2.05, 4.69) is 0 Å². The highest BCUT2D eigenvalue weighted by Crippen LogP contribution is 2.26. The van der Waals surface area contributed by atoms with Crippen molar-refractivity contribution in [1.82, 2.24) is 9.55 Å². The number of hydrogen-bond donors (Lipinski definition) is 2. The summed E-state index contributed by atoms with van der Waals surface area (Å²) < 4.78 is 13.8. The van der Waals surface area contributed by atoms with E-state index in [1.54, 1.807) is 4.98 Å². The molecule has 0 atom stereocenters. The maximum absolute atomic E-state index is 13.3. The van der Waals surface area contributed by atoms with Gasteiger partial charge in [0.15, 0.2) is 0 Å². The summed E-state index contributed by atoms with van der Waals surface area (Å²) in [7, 11) is 0. The van der Waals surface area contributed by atoms with E-state index in [-0.39, 0.29) is 15.7 Å². The van der Waals surface area contributed by atoms with E-state index in [9.17, 15) is 19.1 Å². The molecule has 1 aromatic heterocycles. The third kappa shape index (κ3) is 2.00. The highest BCUT2D eigenvalue weighted by atomic mass is 35.5. The molecule has 0 amide bonds. The number of aromatic nitrogens is 2. The number of rotatable bonds is 1. The quantitative estimate of drug-likeness (QED) is 0.839. The molecule has 0 spiro atoms. The smallest absolute Gasteiger partial charge is 0.335 e. The second-order valence-corrected chi connectivity index (χ2v) is 4.17. The number of aromatic hydroxyl groups is 1. The molecule has 0 radical (unpaired) electrons. The first-order valence-corrected chi connectivity index (χ1v) is 5.36. The van der Waals surface area contributed by atoms with Crippen molar-refractivity contribution in [2.75, 3.05) is 0 Å². The van der Waals surface area contributed by atoms with Crippen LogP contribution in [0.5, 0.6) is 5.88 Å². The maximum atomic E-state index is 13.3. The lowest BCUT2D eigenvalue weighted by atomic mass is 10.3. The van der Waals surface area contributed by atoms with Crippen LogP contribution in [0.4, 0.5) is 4.39 Å². The highest BCUT2D eigenvalue weighted by molar-refractivity contribution is 6.34. The number of H-pyrrole nitrogens is 1. The molecule has 18 heavy (non-hydrogen) atoms. The predicted octanol–water partition coefficient (Wildman–Crippen LogP) is 1.68. The average molecular weight is 291 g/mol. The summed E-state index contributed by atoms with van der Waals surface area (Å²) in [5.74, 6) is -2.61. The van der Waals surface area contributed by atoms with Gasteiger partial charge in [0, 0.05) is 5.02 Å². The zero-order valence-electron chi connectivity index (χ0n) is 8.58. The number of hydrogen-bond acceptors (Lipinski definition) is 3. The monoisotopic (exact) mass is 290 g/mol. The minimum absolute atomic E-state index is 0.0400. The Balaban J connectivity index is 2.88. The zero-order valence-corrected chi connectivity index (χ0v) is 10.1. The van der Waals surface area contributed by atoms with Crippen LogP contribution in [0.3, 0.4) is 0 Å². The molecule has 0 aliphatic rings. The van der Waals surface area contributed by atoms with E-state index in [4.69, 9.17) is 23.2 Å². The van der Waals surface area contributed by atoms with Gasteiger partial charge in [0.25, 0.3) is 5.56 Å². The third-order valence-electron chi connectivity index (χ3n) is 2.18. The Bertz CT molecular complexity index is 739. The number of nitrogens with one attached hydrogen (secondary N) is 1. The number of benzene rings is 1. The van der Waals surface area contributed by atoms with Crippen molar-refractivity contribution in [3.05, 3.63) is 54.9 Å². The second kappa shape index (κ2) is 4.47. The maximum Gasteiger partial charge on any atom is 0.335 e. The van der Waals surface area contributed by atoms with Crippen molar-refractivity contribution in [3.8, 4) is 11.6 Å². The molecule has 0 aliphatic carbocycles. The Morgan fingerprint density at radius 1 is 1.28 bits per heavy atom. The second-order valence-electron chi connectivity index (χ2n) is 3.33. The Labute approximate surface area is 109 Å². The first kappa shape index (κ1) is 12.7. The molecular weight excluding hydrogens is 286 g/mol. The van der Waals surface area contributed by atoms with Gasteiger partial charge in [-0.15, -0.1) is 0 Å². The van der Waals surface area contributed by atoms with E-state index in [1.165, 1.54) is 18.2 Å². The van der Waals surface area contributed by atoms with E-state index < -0.39 is 22.9 Å². The third-order valence-corrected chi connectivity index (χ3v) is 2.73. The van der Waals surface area contributed by atoms with Crippen molar-refractivity contribution in [2.45, 2.75) is 0 Å². The largest absolute Gasteiger partial charge is 0.492 e. The van der Waals surface area contributed by atoms with Crippen LogP contribution in [0.25, 0.3) is 5.69 Å². The van der Waals surface area contributed by atoms with Crippen LogP contribution < -0.4 is 11.2 Å². The van der Waals surface area contributed by atoms with Crippen molar-refractivity contribution >= 4 is 23.2 Å². The molecule has 94 valence electrons. The first-order chi connectivity index (χ1) is 8.41. The van der Waals surface area contributed by atoms with Gasteiger partial charge >= 0.3 is 5.69 Å². The lowest BCUT2D eigenvalue weighted by Crippen LogP contribution is -2.31. The number of halogens is 3. The number of aromatic amines is 1. The Morgan fingerprint density at radius 2 is 1.94 bits per heavy atom. The lowest BCUT2D eigenvalue weighted by Gasteiger charge is -2.09. The van der Waals surface area contributed by atoms with Crippen molar-refractivity contribution < 1.29 is 9.50 Å². The fourth-order valence-corrected chi connectivity index (χ4v) is 1.75. The predicted molar refractivity (Wildman–Crippen MR) is 64.3 cm³/mol. The summed E-state index contributed by atoms with van der Waals surface area (Å²) in [5, 5.41) is 9.78. The SMILES string of the molecule is O=c1[nH]c(=O)n(-c2cc(Cl)ccc2Cl)c(O)c1F. The Kier molecular flexibility index (Phi) is 3.14. The van der Waals surface area contributed by atoms with Gasteiger partial charge in [-0.3, -0.25) is 9.78 Å². The Hall–Kier alpha value is -1.79. The summed E-state index contributed by atoms with van der Waals surface area (Å²) in [6.07, 6.45) is 0. The summed E-state index contributed by atoms with van der Waals surface area (Å²) in [4.78, 5) is 24.2. The van der Waals surface area contributed by atoms with Gasteiger partial charge in [-0.25, -0.2) is 9.36 Å². The first-order valence-electron chi connectivity index (χ1n) is 4.61. The lowest BCUT2D eigenvalue weighted by molar-refractivity contribution is 0.386. The standard InChI is InChI=1S/C10H5Cl2FN2O3/c11-4-1-2-5(12)6(3-4)15-9(17)7(13)8(16)14-10(15)18/h1-3,17H,(H,14,16,18). The van der Waals surface area contributed by atoms with Crippen molar-refractivity contribution in [3.63, 3.8) is 0 Å². The van der Waals surface area contributed by atoms with Gasteiger partial charge in [0.1, 0.15) is 0 Å². The van der Waals surface area contributed by atoms with Crippen molar-refractivity contribution in [1.29, 1.82) is 0 Å². The van der Waals surface area contributed by atoms with E-state index >= 15 is 0 Å². The molecule has 5 nitrogen and oxygen atoms in total. The number of nitrogens with zero attached hydrogens (tertiary/aromatic N) is 1. The van der Waals surface area contributed by atoms with Crippen LogP contribution in [0, 0.1) is 5.82 Å². The molecule has 2 aromatic rings. The minimum atomic E-state index is -1.48. The van der Waals surface area contributed by atoms with Gasteiger partial charge in [-0.05, 0) is 18.2 Å². The summed E-state index contributed by atoms with van der Waals surface area (Å²) >= 11 is 11.5. The fourth-order valence-electron chi connectivity index (χ4n) is 1.38. The van der Waals surface area contributed by atoms with Gasteiger partial charge < -0.3 is 5.11 Å². The van der Waals surface area contributed by atoms with Crippen LogP contribution >= 0.6 is 23.2 Å². The van der Waals surface area contributed by atoms with Crippen LogP contribution in [0.2, 0.25) is 10.0 Å². The normalized spacial score (nSPS) is 10.6. The molecule has 0 bridgehead atoms. The molecule has 1 heterocycles. The summed E-state index contributed by atoms with van der Waals surface area (Å²) in [6.45, 7) is 0. The van der Waals surface area contributed by atoms with Gasteiger partial charge in [-0.1, -0.05) is 23.2 Å². The fraction of sp³-hybridized carbons (Fsp3) is 0. The molecule has 0 saturated heterocycles. The van der Waals surface area contributed by atoms with Crippen LogP contribution in [-0.4, -0.2) is 14.7 Å². The van der Waals surface area contributed by atoms with E-state index in [0.717, 1.165) is 0 Å². The average Bonchev–Trinajstić information content (AvgIpc) is 2.31. The molecule has 2 N–H and O–H groups in total. The van der Waals surface area contributed by atoms with Gasteiger partial charge in [0.05, 0.1) is 10.7 Å². The summed E-state index contributed by atoms with van der Waals surface area (Å²) in [5.41, 5.74) is -2.38. The molecule has 0 saturated carbocycles. The molecule has 8 heteroatoms. The van der Waals surface area contributed by atoms with E-state index in [0.29, 0.717) is 4.57 Å². The summed E-state index contributed by atoms with van der Waals surface area (Å²) in [6, 6.07) is 4.08. The molecule has 0 aliphatic heterocycles. The zero-order chi connectivity index (χ0) is 13.4.